The van der Waals surface area contributed by atoms with Gasteiger partial charge in [0.2, 0.25) is 5.75 Å². The van der Waals surface area contributed by atoms with Crippen LogP contribution < -0.4 is 19.0 Å². The molecule has 0 saturated heterocycles. The number of carbonyl (C=O) groups is 2. The van der Waals surface area contributed by atoms with Gasteiger partial charge >= 0.3 is 5.97 Å². The maximum atomic E-state index is 12.3. The Kier molecular flexibility index (Phi) is 7.60. The summed E-state index contributed by atoms with van der Waals surface area (Å²) < 4.78 is 22.6. The molecule has 1 amide bonds. The first-order valence-electron chi connectivity index (χ1n) is 8.76. The maximum Gasteiger partial charge on any atom is 0.350 e. The second-order valence-electron chi connectivity index (χ2n) is 5.82. The Labute approximate surface area is 173 Å². The average molecular weight is 420 g/mol. The van der Waals surface area contributed by atoms with E-state index in [1.807, 2.05) is 0 Å². The van der Waals surface area contributed by atoms with Gasteiger partial charge in [0, 0.05) is 18.8 Å². The van der Waals surface area contributed by atoms with E-state index in [0.29, 0.717) is 38.2 Å². The number of rotatable bonds is 7. The van der Waals surface area contributed by atoms with E-state index in [1.54, 1.807) is 43.7 Å². The number of amides is 1. The van der Waals surface area contributed by atoms with Crippen LogP contribution in [0, 0.1) is 6.92 Å². The van der Waals surface area contributed by atoms with Gasteiger partial charge in [-0.3, -0.25) is 4.79 Å². The molecule has 0 fully saturated rings. The van der Waals surface area contributed by atoms with Crippen LogP contribution in [0.2, 0.25) is 0 Å². The van der Waals surface area contributed by atoms with Gasteiger partial charge in [0.1, 0.15) is 4.88 Å². The van der Waals surface area contributed by atoms with Crippen LogP contribution in [-0.4, -0.2) is 44.4 Å². The molecule has 156 valence electrons. The fourth-order valence-corrected chi connectivity index (χ4v) is 3.53. The van der Waals surface area contributed by atoms with Gasteiger partial charge in [-0.05, 0) is 37.6 Å². The van der Waals surface area contributed by atoms with E-state index in [2.05, 4.69) is 4.99 Å². The molecule has 0 radical (unpaired) electrons. The predicted molar refractivity (Wildman–Crippen MR) is 110 cm³/mol. The molecular formula is C20H24N2O6S. The third kappa shape index (κ3) is 5.05. The Hall–Kier alpha value is -3.07. The lowest BCUT2D eigenvalue weighted by Gasteiger charge is -2.12. The molecule has 0 unspecified atom stereocenters. The minimum atomic E-state index is -0.467. The lowest BCUT2D eigenvalue weighted by molar-refractivity contribution is -0.113. The zero-order valence-electron chi connectivity index (χ0n) is 17.3. The highest BCUT2D eigenvalue weighted by atomic mass is 32.1. The first-order valence-corrected chi connectivity index (χ1v) is 9.58. The van der Waals surface area contributed by atoms with Gasteiger partial charge in [-0.25, -0.2) is 4.79 Å². The Balaban J connectivity index is 2.33. The highest BCUT2D eigenvalue weighted by molar-refractivity contribution is 7.11. The molecule has 0 aliphatic rings. The van der Waals surface area contributed by atoms with Crippen LogP contribution in [0.25, 0.3) is 6.08 Å². The van der Waals surface area contributed by atoms with Gasteiger partial charge in [-0.15, -0.1) is 0 Å². The largest absolute Gasteiger partial charge is 0.493 e. The van der Waals surface area contributed by atoms with E-state index in [9.17, 15) is 9.59 Å². The van der Waals surface area contributed by atoms with Crippen LogP contribution in [-0.2, 0) is 16.6 Å². The van der Waals surface area contributed by atoms with Gasteiger partial charge < -0.3 is 23.5 Å². The fraction of sp³-hybridized carbons (Fsp3) is 0.350. The van der Waals surface area contributed by atoms with E-state index in [-0.39, 0.29) is 6.61 Å². The summed E-state index contributed by atoms with van der Waals surface area (Å²) in [4.78, 5) is 29.2. The summed E-state index contributed by atoms with van der Waals surface area (Å²) in [6.07, 6.45) is 2.93. The minimum Gasteiger partial charge on any atom is -0.493 e. The molecule has 0 spiro atoms. The first-order chi connectivity index (χ1) is 13.9. The zero-order chi connectivity index (χ0) is 21.6. The summed E-state index contributed by atoms with van der Waals surface area (Å²) in [5.74, 6) is 0.541. The van der Waals surface area contributed by atoms with Crippen LogP contribution in [0.3, 0.4) is 0 Å². The van der Waals surface area contributed by atoms with E-state index in [1.165, 1.54) is 27.4 Å². The number of hydrogen-bond acceptors (Lipinski definition) is 7. The van der Waals surface area contributed by atoms with E-state index in [0.717, 1.165) is 11.3 Å². The molecular weight excluding hydrogens is 396 g/mol. The molecule has 9 heteroatoms. The smallest absolute Gasteiger partial charge is 0.350 e. The highest BCUT2D eigenvalue weighted by Gasteiger charge is 2.16. The van der Waals surface area contributed by atoms with Crippen LogP contribution in [0.4, 0.5) is 0 Å². The van der Waals surface area contributed by atoms with Crippen molar-refractivity contribution in [1.29, 1.82) is 0 Å². The standard InChI is InChI=1S/C20H24N2O6S/c1-7-28-19(24)18-12(2)22(3)20(29-18)21-16(23)9-8-13-10-14(25-4)17(27-6)15(11-13)26-5/h8-11H,7H2,1-6H3/b9-8+,21-20?. The molecule has 0 aliphatic heterocycles. The number of ether oxygens (including phenoxy) is 4. The summed E-state index contributed by atoms with van der Waals surface area (Å²) in [7, 11) is 6.30. The third-order valence-electron chi connectivity index (χ3n) is 4.08. The summed E-state index contributed by atoms with van der Waals surface area (Å²) in [6.45, 7) is 3.80. The minimum absolute atomic E-state index is 0.281. The molecule has 0 aliphatic carbocycles. The van der Waals surface area contributed by atoms with Crippen LogP contribution >= 0.6 is 11.3 Å². The van der Waals surface area contributed by atoms with Gasteiger partial charge in [0.25, 0.3) is 5.91 Å². The SMILES string of the molecule is CCOC(=O)c1sc(=NC(=O)/C=C/c2cc(OC)c(OC)c(OC)c2)n(C)c1C. The van der Waals surface area contributed by atoms with Crippen LogP contribution in [0.15, 0.2) is 23.2 Å². The Morgan fingerprint density at radius 2 is 1.76 bits per heavy atom. The van der Waals surface area contributed by atoms with Crippen molar-refractivity contribution in [2.45, 2.75) is 13.8 Å². The average Bonchev–Trinajstić information content (AvgIpc) is 2.99. The van der Waals surface area contributed by atoms with Crippen molar-refractivity contribution in [3.05, 3.63) is 39.1 Å². The van der Waals surface area contributed by atoms with Crippen molar-refractivity contribution in [3.8, 4) is 17.2 Å². The number of thiazole rings is 1. The molecule has 2 rings (SSSR count). The lowest BCUT2D eigenvalue weighted by atomic mass is 10.1. The van der Waals surface area contributed by atoms with Crippen molar-refractivity contribution in [2.24, 2.45) is 12.0 Å². The van der Waals surface area contributed by atoms with E-state index >= 15 is 0 Å². The maximum absolute atomic E-state index is 12.3. The predicted octanol–water partition coefficient (Wildman–Crippen LogP) is 2.74. The monoisotopic (exact) mass is 420 g/mol. The number of benzene rings is 1. The number of nitrogens with zero attached hydrogens (tertiary/aromatic N) is 2. The molecule has 29 heavy (non-hydrogen) atoms. The van der Waals surface area contributed by atoms with E-state index in [4.69, 9.17) is 18.9 Å². The van der Waals surface area contributed by atoms with E-state index < -0.39 is 11.9 Å². The molecule has 1 aromatic carbocycles. The molecule has 8 nitrogen and oxygen atoms in total. The zero-order valence-corrected chi connectivity index (χ0v) is 18.1. The normalized spacial score (nSPS) is 11.6. The summed E-state index contributed by atoms with van der Waals surface area (Å²) in [5.41, 5.74) is 1.37. The number of aromatic nitrogens is 1. The summed E-state index contributed by atoms with van der Waals surface area (Å²) in [5, 5.41) is 0. The van der Waals surface area contributed by atoms with Crippen molar-refractivity contribution in [1.82, 2.24) is 4.57 Å². The first kappa shape index (κ1) is 22.2. The van der Waals surface area contributed by atoms with Gasteiger partial charge in [-0.1, -0.05) is 11.3 Å². The second kappa shape index (κ2) is 9.92. The lowest BCUT2D eigenvalue weighted by Crippen LogP contribution is -2.13. The molecule has 0 N–H and O–H groups in total. The Morgan fingerprint density at radius 1 is 1.14 bits per heavy atom. The number of esters is 1. The third-order valence-corrected chi connectivity index (χ3v) is 5.30. The van der Waals surface area contributed by atoms with Gasteiger partial charge in [-0.2, -0.15) is 4.99 Å². The number of methoxy groups -OCH3 is 3. The second-order valence-corrected chi connectivity index (χ2v) is 6.80. The molecule has 0 saturated carbocycles. The van der Waals surface area contributed by atoms with Crippen molar-refractivity contribution < 1.29 is 28.5 Å². The molecule has 0 bridgehead atoms. The highest BCUT2D eigenvalue weighted by Crippen LogP contribution is 2.38. The summed E-state index contributed by atoms with van der Waals surface area (Å²) >= 11 is 1.11. The van der Waals surface area contributed by atoms with Gasteiger partial charge in [0.15, 0.2) is 16.3 Å². The molecule has 1 aromatic heterocycles. The summed E-state index contributed by atoms with van der Waals surface area (Å²) in [6, 6.07) is 3.44. The Bertz CT molecular complexity index is 978. The number of carbonyl (C=O) groups excluding carboxylic acids is 2. The van der Waals surface area contributed by atoms with Crippen molar-refractivity contribution >= 4 is 29.3 Å². The number of hydrogen-bond donors (Lipinski definition) is 0. The molecule has 2 aromatic rings. The van der Waals surface area contributed by atoms with Gasteiger partial charge in [0.05, 0.1) is 27.9 Å². The van der Waals surface area contributed by atoms with Crippen LogP contribution in [0.5, 0.6) is 17.2 Å². The Morgan fingerprint density at radius 3 is 2.28 bits per heavy atom. The van der Waals surface area contributed by atoms with Crippen molar-refractivity contribution in [3.63, 3.8) is 0 Å². The fourth-order valence-electron chi connectivity index (χ4n) is 2.51. The molecule has 1 heterocycles. The van der Waals surface area contributed by atoms with Crippen LogP contribution in [0.1, 0.15) is 27.9 Å². The van der Waals surface area contributed by atoms with Crippen molar-refractivity contribution in [2.75, 3.05) is 27.9 Å². The quantitative estimate of drug-likeness (QED) is 0.506. The topological polar surface area (TPSA) is 88.3 Å². The molecule has 0 atom stereocenters.